The highest BCUT2D eigenvalue weighted by atomic mass is 16.5. The van der Waals surface area contributed by atoms with E-state index in [4.69, 9.17) is 4.74 Å². The summed E-state index contributed by atoms with van der Waals surface area (Å²) in [5.74, 6) is 0.625. The molecular weight excluding hydrogens is 282 g/mol. The highest BCUT2D eigenvalue weighted by Crippen LogP contribution is 2.44. The fourth-order valence-corrected chi connectivity index (χ4v) is 3.29. The Hall–Kier alpha value is -1.88. The molecule has 0 spiro atoms. The molecule has 0 bridgehead atoms. The Bertz CT molecular complexity index is 638. The van der Waals surface area contributed by atoms with E-state index in [1.807, 2.05) is 13.8 Å². The lowest BCUT2D eigenvalue weighted by Gasteiger charge is -2.45. The van der Waals surface area contributed by atoms with Gasteiger partial charge in [-0.05, 0) is 45.4 Å². The van der Waals surface area contributed by atoms with E-state index in [0.717, 1.165) is 12.0 Å². The lowest BCUT2D eigenvalue weighted by Crippen LogP contribution is -2.53. The van der Waals surface area contributed by atoms with Crippen molar-refractivity contribution >= 4 is 11.7 Å². The molecule has 2 heterocycles. The molecule has 22 heavy (non-hydrogen) atoms. The molecule has 0 aliphatic carbocycles. The van der Waals surface area contributed by atoms with E-state index in [0.29, 0.717) is 24.3 Å². The molecule has 1 saturated heterocycles. The van der Waals surface area contributed by atoms with Crippen molar-refractivity contribution in [2.24, 2.45) is 0 Å². The van der Waals surface area contributed by atoms with Crippen LogP contribution in [0.4, 0.5) is 0 Å². The normalized spacial score (nSPS) is 26.5. The van der Waals surface area contributed by atoms with Crippen molar-refractivity contribution < 1.29 is 19.4 Å². The van der Waals surface area contributed by atoms with Crippen LogP contribution in [-0.2, 0) is 4.79 Å². The topological polar surface area (TPSA) is 66.8 Å². The van der Waals surface area contributed by atoms with Gasteiger partial charge < -0.3 is 14.7 Å². The van der Waals surface area contributed by atoms with Gasteiger partial charge in [-0.2, -0.15) is 0 Å². The molecule has 0 radical (unpaired) electrons. The van der Waals surface area contributed by atoms with Gasteiger partial charge in [0, 0.05) is 24.1 Å². The Kier molecular flexibility index (Phi) is 3.48. The van der Waals surface area contributed by atoms with Crippen LogP contribution in [0.25, 0.3) is 0 Å². The minimum Gasteiger partial charge on any atom is -0.485 e. The van der Waals surface area contributed by atoms with Crippen LogP contribution in [0, 0.1) is 0 Å². The molecule has 2 aliphatic heterocycles. The molecule has 3 rings (SSSR count). The van der Waals surface area contributed by atoms with Gasteiger partial charge in [-0.1, -0.05) is 0 Å². The quantitative estimate of drug-likeness (QED) is 0.850. The molecule has 2 unspecified atom stereocenters. The zero-order valence-electron chi connectivity index (χ0n) is 13.1. The van der Waals surface area contributed by atoms with Gasteiger partial charge in [-0.15, -0.1) is 0 Å². The summed E-state index contributed by atoms with van der Waals surface area (Å²) in [6, 6.07) is 4.75. The molecule has 1 amide bonds. The number of aliphatic hydroxyl groups is 1. The maximum absolute atomic E-state index is 12.2. The van der Waals surface area contributed by atoms with Crippen LogP contribution in [0.15, 0.2) is 18.2 Å². The molecule has 0 aromatic heterocycles. The second kappa shape index (κ2) is 5.09. The molecule has 2 aliphatic rings. The molecule has 1 aromatic rings. The Labute approximate surface area is 129 Å². The Balaban J connectivity index is 2.12. The maximum atomic E-state index is 12.2. The third kappa shape index (κ3) is 2.29. The van der Waals surface area contributed by atoms with Crippen molar-refractivity contribution in [1.29, 1.82) is 0 Å². The van der Waals surface area contributed by atoms with Gasteiger partial charge in [0.05, 0.1) is 6.04 Å². The molecule has 1 N–H and O–H groups in total. The van der Waals surface area contributed by atoms with Gasteiger partial charge in [0.1, 0.15) is 17.5 Å². The van der Waals surface area contributed by atoms with Gasteiger partial charge in [-0.25, -0.2) is 0 Å². The third-order valence-electron chi connectivity index (χ3n) is 4.57. The van der Waals surface area contributed by atoms with E-state index in [1.165, 1.54) is 6.92 Å². The van der Waals surface area contributed by atoms with Crippen molar-refractivity contribution in [3.63, 3.8) is 0 Å². The van der Waals surface area contributed by atoms with Crippen LogP contribution in [0.3, 0.4) is 0 Å². The van der Waals surface area contributed by atoms with Gasteiger partial charge in [-0.3, -0.25) is 9.59 Å². The number of fused-ring (bicyclic) bond motifs is 1. The highest BCUT2D eigenvalue weighted by Gasteiger charge is 2.47. The van der Waals surface area contributed by atoms with Crippen LogP contribution >= 0.6 is 0 Å². The summed E-state index contributed by atoms with van der Waals surface area (Å²) in [7, 11) is 0. The van der Waals surface area contributed by atoms with Crippen LogP contribution in [0.2, 0.25) is 0 Å². The van der Waals surface area contributed by atoms with E-state index in [2.05, 4.69) is 0 Å². The first kappa shape index (κ1) is 15.0. The molecule has 118 valence electrons. The first-order valence-corrected chi connectivity index (χ1v) is 7.62. The SMILES string of the molecule is CC(=O)c1ccc2c(c1)C(N1CCCC1=O)C(O)C(C)(C)O2. The largest absolute Gasteiger partial charge is 0.485 e. The van der Waals surface area contributed by atoms with Crippen LogP contribution in [0.1, 0.15) is 55.6 Å². The summed E-state index contributed by atoms with van der Waals surface area (Å²) in [6.07, 6.45) is 0.460. The number of carbonyl (C=O) groups excluding carboxylic acids is 2. The predicted molar refractivity (Wildman–Crippen MR) is 80.8 cm³/mol. The molecule has 5 heteroatoms. The number of benzene rings is 1. The standard InChI is InChI=1S/C17H21NO4/c1-10(19)11-6-7-13-12(9-11)15(16(21)17(2,3)22-13)18-8-4-5-14(18)20/h6-7,9,15-16,21H,4-5,8H2,1-3H3. The fraction of sp³-hybridized carbons (Fsp3) is 0.529. The monoisotopic (exact) mass is 303 g/mol. The smallest absolute Gasteiger partial charge is 0.223 e. The molecule has 2 atom stereocenters. The Morgan fingerprint density at radius 2 is 2.14 bits per heavy atom. The molecule has 0 saturated carbocycles. The highest BCUT2D eigenvalue weighted by molar-refractivity contribution is 5.94. The third-order valence-corrected chi connectivity index (χ3v) is 4.57. The van der Waals surface area contributed by atoms with E-state index in [-0.39, 0.29) is 11.7 Å². The number of ketones is 1. The second-order valence-electron chi connectivity index (χ2n) is 6.59. The minimum absolute atomic E-state index is 0.0425. The number of rotatable bonds is 2. The second-order valence-corrected chi connectivity index (χ2v) is 6.59. The predicted octanol–water partition coefficient (Wildman–Crippen LogP) is 2.08. The number of aliphatic hydroxyl groups excluding tert-OH is 1. The van der Waals surface area contributed by atoms with E-state index in [1.54, 1.807) is 23.1 Å². The number of amides is 1. The van der Waals surface area contributed by atoms with E-state index in [9.17, 15) is 14.7 Å². The van der Waals surface area contributed by atoms with Gasteiger partial charge in [0.25, 0.3) is 0 Å². The fourth-order valence-electron chi connectivity index (χ4n) is 3.29. The van der Waals surface area contributed by atoms with E-state index >= 15 is 0 Å². The number of ether oxygens (including phenoxy) is 1. The van der Waals surface area contributed by atoms with E-state index < -0.39 is 17.7 Å². The minimum atomic E-state index is -0.843. The summed E-state index contributed by atoms with van der Waals surface area (Å²) in [6.45, 7) is 5.75. The molecule has 5 nitrogen and oxygen atoms in total. The number of Topliss-reactive ketones (excluding diaryl/α,β-unsaturated/α-hetero) is 1. The number of likely N-dealkylation sites (tertiary alicyclic amines) is 1. The summed E-state index contributed by atoms with van der Waals surface area (Å²) in [5, 5.41) is 10.7. The van der Waals surface area contributed by atoms with Gasteiger partial charge in [0.15, 0.2) is 5.78 Å². The van der Waals surface area contributed by atoms with Crippen LogP contribution in [-0.4, -0.2) is 39.9 Å². The number of hydrogen-bond acceptors (Lipinski definition) is 4. The average Bonchev–Trinajstić information content (AvgIpc) is 2.85. The Morgan fingerprint density at radius 1 is 1.41 bits per heavy atom. The molecule has 1 aromatic carbocycles. The zero-order valence-corrected chi connectivity index (χ0v) is 13.1. The maximum Gasteiger partial charge on any atom is 0.223 e. The van der Waals surface area contributed by atoms with Crippen molar-refractivity contribution in [3.8, 4) is 5.75 Å². The molecular formula is C17H21NO4. The van der Waals surface area contributed by atoms with Gasteiger partial charge in [0.2, 0.25) is 5.91 Å². The lowest BCUT2D eigenvalue weighted by atomic mass is 9.84. The first-order chi connectivity index (χ1) is 10.3. The first-order valence-electron chi connectivity index (χ1n) is 7.62. The average molecular weight is 303 g/mol. The number of nitrogens with zero attached hydrogens (tertiary/aromatic N) is 1. The van der Waals surface area contributed by atoms with Gasteiger partial charge >= 0.3 is 0 Å². The molecule has 1 fully saturated rings. The van der Waals surface area contributed by atoms with Crippen molar-refractivity contribution in [2.75, 3.05) is 6.54 Å². The number of carbonyl (C=O) groups is 2. The zero-order chi connectivity index (χ0) is 16.1. The summed E-state index contributed by atoms with van der Waals surface area (Å²) in [5.41, 5.74) is 0.485. The van der Waals surface area contributed by atoms with Crippen molar-refractivity contribution in [3.05, 3.63) is 29.3 Å². The summed E-state index contributed by atoms with van der Waals surface area (Å²) in [4.78, 5) is 25.5. The summed E-state index contributed by atoms with van der Waals surface area (Å²) >= 11 is 0. The van der Waals surface area contributed by atoms with Crippen molar-refractivity contribution in [2.45, 2.75) is 51.4 Å². The van der Waals surface area contributed by atoms with Crippen LogP contribution < -0.4 is 4.74 Å². The Morgan fingerprint density at radius 3 is 2.73 bits per heavy atom. The lowest BCUT2D eigenvalue weighted by molar-refractivity contribution is -0.139. The van der Waals surface area contributed by atoms with Crippen LogP contribution in [0.5, 0.6) is 5.75 Å². The summed E-state index contributed by atoms with van der Waals surface area (Å²) < 4.78 is 5.89. The van der Waals surface area contributed by atoms with Crippen molar-refractivity contribution in [1.82, 2.24) is 4.90 Å². The number of hydrogen-bond donors (Lipinski definition) is 1.